The van der Waals surface area contributed by atoms with E-state index >= 15 is 0 Å². The Balaban J connectivity index is 1.93. The van der Waals surface area contributed by atoms with Crippen molar-refractivity contribution in [2.45, 2.75) is 12.5 Å². The maximum Gasteiger partial charge on any atom is 0.179 e. The Labute approximate surface area is 115 Å². The first kappa shape index (κ1) is 12.7. The maximum atomic E-state index is 14.1. The first-order valence-corrected chi connectivity index (χ1v) is 6.44. The van der Waals surface area contributed by atoms with Crippen LogP contribution in [-0.4, -0.2) is 30.6 Å². The summed E-state index contributed by atoms with van der Waals surface area (Å²) in [4.78, 5) is 3.47. The second kappa shape index (κ2) is 4.64. The van der Waals surface area contributed by atoms with E-state index in [2.05, 4.69) is 6.19 Å². The summed E-state index contributed by atoms with van der Waals surface area (Å²) in [5, 5.41) is 17.6. The minimum Gasteiger partial charge on any atom is -0.364 e. The topological polar surface area (TPSA) is 54.1 Å². The average molecular weight is 274 g/mol. The summed E-state index contributed by atoms with van der Waals surface area (Å²) in [6.07, 6.45) is 2.97. The molecule has 2 atom stereocenters. The van der Waals surface area contributed by atoms with E-state index in [1.165, 1.54) is 0 Å². The molecule has 6 heteroatoms. The predicted octanol–water partition coefficient (Wildman–Crippen LogP) is 1.83. The van der Waals surface area contributed by atoms with Gasteiger partial charge < -0.3 is 9.80 Å². The molecule has 4 nitrogen and oxygen atoms in total. The fraction of sp³-hybridized carbons (Fsp3) is 0.429. The number of halogens is 2. The minimum atomic E-state index is -0.706. The number of nitriles is 2. The van der Waals surface area contributed by atoms with E-state index in [-0.39, 0.29) is 17.3 Å². The third kappa shape index (κ3) is 1.85. The van der Waals surface area contributed by atoms with Crippen LogP contribution in [0.2, 0.25) is 0 Å². The standard InChI is InChI=1S/C14H12F2N4/c15-11-4-13(12(16)3-10(11)5-17)20-2-1-9-6-19(8-18)7-14(9)20/h3-4,9,14H,1-2,6-7H2/t9-,14+/m1/s1. The lowest BCUT2D eigenvalue weighted by Crippen LogP contribution is -2.35. The molecule has 0 N–H and O–H groups in total. The molecule has 1 aromatic rings. The molecular weight excluding hydrogens is 262 g/mol. The molecule has 1 aromatic carbocycles. The Bertz CT molecular complexity index is 631. The number of benzene rings is 1. The van der Waals surface area contributed by atoms with Crippen LogP contribution in [-0.2, 0) is 0 Å². The highest BCUT2D eigenvalue weighted by molar-refractivity contribution is 5.54. The average Bonchev–Trinajstić information content (AvgIpc) is 3.00. The molecule has 0 bridgehead atoms. The number of hydrogen-bond donors (Lipinski definition) is 0. The van der Waals surface area contributed by atoms with Crippen molar-refractivity contribution in [1.82, 2.24) is 4.90 Å². The van der Waals surface area contributed by atoms with Gasteiger partial charge in [-0.1, -0.05) is 0 Å². The molecular formula is C14H12F2N4. The number of hydrogen-bond acceptors (Lipinski definition) is 4. The first-order valence-electron chi connectivity index (χ1n) is 6.44. The Morgan fingerprint density at radius 3 is 2.65 bits per heavy atom. The zero-order valence-corrected chi connectivity index (χ0v) is 10.7. The van der Waals surface area contributed by atoms with Crippen molar-refractivity contribution in [3.63, 3.8) is 0 Å². The molecule has 2 aliphatic rings. The lowest BCUT2D eigenvalue weighted by atomic mass is 10.0. The van der Waals surface area contributed by atoms with Gasteiger partial charge >= 0.3 is 0 Å². The van der Waals surface area contributed by atoms with Crippen molar-refractivity contribution < 1.29 is 8.78 Å². The van der Waals surface area contributed by atoms with Crippen molar-refractivity contribution in [2.24, 2.45) is 5.92 Å². The fourth-order valence-corrected chi connectivity index (χ4v) is 3.18. The van der Waals surface area contributed by atoms with Crippen LogP contribution >= 0.6 is 0 Å². The molecule has 3 rings (SSSR count). The van der Waals surface area contributed by atoms with Crippen molar-refractivity contribution in [2.75, 3.05) is 24.5 Å². The number of fused-ring (bicyclic) bond motifs is 1. The second-order valence-corrected chi connectivity index (χ2v) is 5.21. The van der Waals surface area contributed by atoms with Crippen LogP contribution in [0.25, 0.3) is 0 Å². The van der Waals surface area contributed by atoms with Crippen LogP contribution in [0, 0.1) is 40.3 Å². The van der Waals surface area contributed by atoms with Crippen LogP contribution in [0.4, 0.5) is 14.5 Å². The monoisotopic (exact) mass is 274 g/mol. The SMILES string of the molecule is N#Cc1cc(F)c(N2CC[C@@H]3CN(C#N)C[C@@H]32)cc1F. The molecule has 2 fully saturated rings. The molecule has 0 aromatic heterocycles. The van der Waals surface area contributed by atoms with Crippen LogP contribution in [0.1, 0.15) is 12.0 Å². The van der Waals surface area contributed by atoms with Gasteiger partial charge in [0.15, 0.2) is 6.19 Å². The third-order valence-corrected chi connectivity index (χ3v) is 4.16. The highest BCUT2D eigenvalue weighted by atomic mass is 19.1. The Morgan fingerprint density at radius 1 is 1.15 bits per heavy atom. The molecule has 20 heavy (non-hydrogen) atoms. The predicted molar refractivity (Wildman–Crippen MR) is 67.5 cm³/mol. The largest absolute Gasteiger partial charge is 0.364 e. The van der Waals surface area contributed by atoms with Crippen molar-refractivity contribution in [3.05, 3.63) is 29.3 Å². The smallest absolute Gasteiger partial charge is 0.179 e. The number of nitrogens with zero attached hydrogens (tertiary/aromatic N) is 4. The zero-order chi connectivity index (χ0) is 14.3. The van der Waals surface area contributed by atoms with E-state index in [0.717, 1.165) is 18.6 Å². The van der Waals surface area contributed by atoms with Gasteiger partial charge in [0.2, 0.25) is 0 Å². The molecule has 0 spiro atoms. The van der Waals surface area contributed by atoms with E-state index in [1.54, 1.807) is 11.0 Å². The lowest BCUT2D eigenvalue weighted by Gasteiger charge is -2.26. The van der Waals surface area contributed by atoms with Crippen LogP contribution < -0.4 is 4.90 Å². The van der Waals surface area contributed by atoms with Crippen molar-refractivity contribution in [3.8, 4) is 12.3 Å². The van der Waals surface area contributed by atoms with Gasteiger partial charge in [0.05, 0.1) is 17.3 Å². The van der Waals surface area contributed by atoms with Gasteiger partial charge in [-0.25, -0.2) is 8.78 Å². The Morgan fingerprint density at radius 2 is 1.95 bits per heavy atom. The Kier molecular flexibility index (Phi) is 2.94. The van der Waals surface area contributed by atoms with E-state index in [0.29, 0.717) is 25.6 Å². The second-order valence-electron chi connectivity index (χ2n) is 5.21. The van der Waals surface area contributed by atoms with Gasteiger partial charge in [0.25, 0.3) is 0 Å². The van der Waals surface area contributed by atoms with Crippen LogP contribution in [0.15, 0.2) is 12.1 Å². The summed E-state index contributed by atoms with van der Waals surface area (Å²) in [5.41, 5.74) is -0.0964. The summed E-state index contributed by atoms with van der Waals surface area (Å²) in [7, 11) is 0. The molecule has 2 aliphatic heterocycles. The number of rotatable bonds is 1. The fourth-order valence-electron chi connectivity index (χ4n) is 3.18. The highest BCUT2D eigenvalue weighted by Gasteiger charge is 2.42. The van der Waals surface area contributed by atoms with Gasteiger partial charge in [-0.15, -0.1) is 0 Å². The van der Waals surface area contributed by atoms with Crippen LogP contribution in [0.3, 0.4) is 0 Å². The number of anilines is 1. The molecule has 0 saturated carbocycles. The lowest BCUT2D eigenvalue weighted by molar-refractivity contribution is 0.445. The minimum absolute atomic E-state index is 0.0384. The van der Waals surface area contributed by atoms with Gasteiger partial charge in [-0.05, 0) is 12.5 Å². The normalized spacial score (nSPS) is 24.4. The molecule has 2 saturated heterocycles. The Hall–Kier alpha value is -2.34. The molecule has 0 aliphatic carbocycles. The van der Waals surface area contributed by atoms with E-state index < -0.39 is 11.6 Å². The van der Waals surface area contributed by atoms with Gasteiger partial charge in [0, 0.05) is 31.6 Å². The zero-order valence-electron chi connectivity index (χ0n) is 10.7. The summed E-state index contributed by atoms with van der Waals surface area (Å²) >= 11 is 0. The molecule has 102 valence electrons. The summed E-state index contributed by atoms with van der Waals surface area (Å²) in [5.74, 6) is -0.978. The molecule has 0 amide bonds. The molecule has 0 radical (unpaired) electrons. The van der Waals surface area contributed by atoms with Crippen molar-refractivity contribution >= 4 is 5.69 Å². The highest BCUT2D eigenvalue weighted by Crippen LogP contribution is 2.36. The quantitative estimate of drug-likeness (QED) is 0.733. The maximum absolute atomic E-state index is 14.1. The first-order chi connectivity index (χ1) is 9.63. The summed E-state index contributed by atoms with van der Waals surface area (Å²) in [6, 6.07) is 3.70. The number of likely N-dealkylation sites (tertiary alicyclic amines) is 1. The van der Waals surface area contributed by atoms with Gasteiger partial charge in [0.1, 0.15) is 17.7 Å². The van der Waals surface area contributed by atoms with Gasteiger partial charge in [-0.2, -0.15) is 10.5 Å². The molecule has 2 heterocycles. The summed E-state index contributed by atoms with van der Waals surface area (Å²) < 4.78 is 27.8. The van der Waals surface area contributed by atoms with E-state index in [4.69, 9.17) is 10.5 Å². The van der Waals surface area contributed by atoms with Gasteiger partial charge in [-0.3, -0.25) is 0 Å². The molecule has 0 unspecified atom stereocenters. The van der Waals surface area contributed by atoms with E-state index in [1.807, 2.05) is 4.90 Å². The van der Waals surface area contributed by atoms with Crippen molar-refractivity contribution in [1.29, 1.82) is 10.5 Å². The third-order valence-electron chi connectivity index (χ3n) is 4.16. The summed E-state index contributed by atoms with van der Waals surface area (Å²) in [6.45, 7) is 1.87. The van der Waals surface area contributed by atoms with E-state index in [9.17, 15) is 8.78 Å². The van der Waals surface area contributed by atoms with Crippen LogP contribution in [0.5, 0.6) is 0 Å².